The Morgan fingerprint density at radius 1 is 1.00 bits per heavy atom. The number of carbonyl (C=O) groups excluding carboxylic acids is 5. The molecular weight excluding hydrogens is 735 g/mol. The average molecular weight is 770 g/mol. The van der Waals surface area contributed by atoms with Crippen molar-refractivity contribution in [2.24, 2.45) is 17.9 Å². The number of primary amides is 1. The van der Waals surface area contributed by atoms with Crippen LogP contribution >= 0.6 is 23.5 Å². The number of β-lactam (4-membered cyclic amide) rings is 1. The molecule has 1 aromatic heterocycles. The summed E-state index contributed by atoms with van der Waals surface area (Å²) in [4.78, 5) is 72.7. The Bertz CT molecular complexity index is 2070. The van der Waals surface area contributed by atoms with Gasteiger partial charge in [-0.15, -0.1) is 16.9 Å². The molecule has 3 heterocycles. The summed E-state index contributed by atoms with van der Waals surface area (Å²) in [6, 6.07) is 24.7. The molecule has 1 saturated heterocycles. The average Bonchev–Trinajstić information content (AvgIpc) is 3.59. The minimum absolute atomic E-state index is 0.0798. The smallest absolute Gasteiger partial charge is 0.356 e. The lowest BCUT2D eigenvalue weighted by molar-refractivity contribution is -0.154. The summed E-state index contributed by atoms with van der Waals surface area (Å²) in [5.41, 5.74) is 5.66. The monoisotopic (exact) mass is 769 g/mol. The molecule has 2 atom stereocenters. The first kappa shape index (κ1) is 37.7. The Balaban J connectivity index is 1.27. The fourth-order valence-electron chi connectivity index (χ4n) is 5.52. The van der Waals surface area contributed by atoms with Gasteiger partial charge in [0.15, 0.2) is 11.8 Å². The highest BCUT2D eigenvalue weighted by atomic mass is 32.2. The number of fused-ring (bicyclic) bond motifs is 1. The van der Waals surface area contributed by atoms with Crippen molar-refractivity contribution in [3.63, 3.8) is 0 Å². The first-order valence-electron chi connectivity index (χ1n) is 16.5. The molecule has 3 aromatic carbocycles. The Labute approximate surface area is 317 Å². The molecular formula is C36H35N9O7S2. The molecule has 0 bridgehead atoms. The summed E-state index contributed by atoms with van der Waals surface area (Å²) in [5, 5.41) is 20.1. The van der Waals surface area contributed by atoms with Gasteiger partial charge in [0.2, 0.25) is 10.8 Å². The van der Waals surface area contributed by atoms with Crippen LogP contribution in [0.15, 0.2) is 113 Å². The van der Waals surface area contributed by atoms with Crippen LogP contribution in [0.3, 0.4) is 0 Å². The molecule has 2 aliphatic rings. The van der Waals surface area contributed by atoms with Crippen molar-refractivity contribution in [1.29, 1.82) is 0 Å². The molecule has 0 saturated carbocycles. The number of rotatable bonds is 13. The number of benzene rings is 3. The molecule has 18 heteroatoms. The van der Waals surface area contributed by atoms with E-state index in [1.807, 2.05) is 66.0 Å². The van der Waals surface area contributed by atoms with Crippen molar-refractivity contribution in [2.45, 2.75) is 42.1 Å². The zero-order valence-electron chi connectivity index (χ0n) is 29.2. The SMILES string of the molecule is Cn1nnnc1SCC1=C(C(=O)OC(c2ccccc2)c2ccccc2)N2C(=O)[C@@H](NC(=O)/C(=N\OC(C)(C)C(=O)NC(N)=O)c3ccccc3)[C@H]2SC1. The number of nitrogens with zero attached hydrogens (tertiary/aromatic N) is 6. The molecule has 278 valence electrons. The Kier molecular flexibility index (Phi) is 11.4. The van der Waals surface area contributed by atoms with Crippen molar-refractivity contribution in [3.8, 4) is 0 Å². The molecule has 5 amide bonds. The third-order valence-corrected chi connectivity index (χ3v) is 10.8. The van der Waals surface area contributed by atoms with Crippen LogP contribution in [0.5, 0.6) is 0 Å². The van der Waals surface area contributed by atoms with E-state index in [1.165, 1.54) is 47.0 Å². The predicted molar refractivity (Wildman–Crippen MR) is 198 cm³/mol. The lowest BCUT2D eigenvalue weighted by Crippen LogP contribution is -2.71. The van der Waals surface area contributed by atoms with Crippen LogP contribution in [0, 0.1) is 0 Å². The quantitative estimate of drug-likeness (QED) is 0.0589. The van der Waals surface area contributed by atoms with Gasteiger partial charge in [0, 0.05) is 24.1 Å². The van der Waals surface area contributed by atoms with Gasteiger partial charge in [-0.25, -0.2) is 14.3 Å². The maximum absolute atomic E-state index is 14.3. The van der Waals surface area contributed by atoms with Crippen molar-refractivity contribution < 1.29 is 33.5 Å². The molecule has 0 unspecified atom stereocenters. The Morgan fingerprint density at radius 3 is 2.19 bits per heavy atom. The normalized spacial score (nSPS) is 17.0. The van der Waals surface area contributed by atoms with E-state index >= 15 is 0 Å². The van der Waals surface area contributed by atoms with Crippen LogP contribution < -0.4 is 16.4 Å². The second kappa shape index (κ2) is 16.3. The summed E-state index contributed by atoms with van der Waals surface area (Å²) < 4.78 is 7.74. The number of nitrogens with one attached hydrogen (secondary N) is 2. The summed E-state index contributed by atoms with van der Waals surface area (Å²) in [7, 11) is 1.70. The van der Waals surface area contributed by atoms with Gasteiger partial charge in [-0.05, 0) is 41.0 Å². The van der Waals surface area contributed by atoms with Gasteiger partial charge >= 0.3 is 12.0 Å². The second-order valence-electron chi connectivity index (χ2n) is 12.5. The second-order valence-corrected chi connectivity index (χ2v) is 14.6. The summed E-state index contributed by atoms with van der Waals surface area (Å²) in [6.07, 6.45) is -0.775. The largest absolute Gasteiger partial charge is 0.448 e. The summed E-state index contributed by atoms with van der Waals surface area (Å²) in [6.45, 7) is 2.68. The highest BCUT2D eigenvalue weighted by Crippen LogP contribution is 2.42. The summed E-state index contributed by atoms with van der Waals surface area (Å²) >= 11 is 2.67. The van der Waals surface area contributed by atoms with Gasteiger partial charge in [0.05, 0.1) is 0 Å². The lowest BCUT2D eigenvalue weighted by atomic mass is 10.0. The van der Waals surface area contributed by atoms with Crippen LogP contribution in [-0.4, -0.2) is 89.1 Å². The number of carbonyl (C=O) groups is 5. The van der Waals surface area contributed by atoms with E-state index in [9.17, 15) is 24.0 Å². The van der Waals surface area contributed by atoms with Gasteiger partial charge in [-0.2, -0.15) is 0 Å². The number of aromatic nitrogens is 4. The van der Waals surface area contributed by atoms with Crippen molar-refractivity contribution in [3.05, 3.63) is 119 Å². The minimum Gasteiger partial charge on any atom is -0.448 e. The molecule has 6 rings (SSSR count). The van der Waals surface area contributed by atoms with E-state index in [0.717, 1.165) is 11.1 Å². The van der Waals surface area contributed by atoms with E-state index in [1.54, 1.807) is 37.4 Å². The zero-order chi connectivity index (χ0) is 38.4. The number of urea groups is 1. The standard InChI is InChI=1S/C36H35N9O7S2/c1-36(2,33(49)39-34(37)50)52-41-25(21-13-7-4-8-14-21)29(46)38-26-30(47)45-27(24(19-53-31(26)45)20-54-35-40-42-43-44(35)3)32(48)51-28(22-15-9-5-10-16-22)23-17-11-6-12-18-23/h4-18,26,28,31H,19-20H2,1-3H3,(H,38,46)(H3,37,39,49,50)/b41-25-/t26-,31-/m1/s1. The van der Waals surface area contributed by atoms with E-state index in [0.29, 0.717) is 22.0 Å². The van der Waals surface area contributed by atoms with E-state index in [-0.39, 0.29) is 17.2 Å². The number of ether oxygens (including phenoxy) is 1. The van der Waals surface area contributed by atoms with E-state index in [4.69, 9.17) is 15.3 Å². The molecule has 2 aliphatic heterocycles. The Morgan fingerprint density at radius 2 is 1.61 bits per heavy atom. The van der Waals surface area contributed by atoms with Crippen molar-refractivity contribution in [2.75, 3.05) is 11.5 Å². The first-order chi connectivity index (χ1) is 25.9. The highest BCUT2D eigenvalue weighted by Gasteiger charge is 2.55. The predicted octanol–water partition coefficient (Wildman–Crippen LogP) is 2.68. The number of nitrogens with two attached hydrogens (primary N) is 1. The number of esters is 1. The maximum Gasteiger partial charge on any atom is 0.356 e. The minimum atomic E-state index is -1.70. The van der Waals surface area contributed by atoms with Gasteiger partial charge in [0.25, 0.3) is 17.7 Å². The molecule has 0 spiro atoms. The third-order valence-electron chi connectivity index (χ3n) is 8.32. The van der Waals surface area contributed by atoms with Crippen molar-refractivity contribution in [1.82, 2.24) is 35.7 Å². The van der Waals surface area contributed by atoms with Gasteiger partial charge < -0.3 is 20.6 Å². The van der Waals surface area contributed by atoms with Crippen molar-refractivity contribution >= 4 is 59.0 Å². The van der Waals surface area contributed by atoms with Gasteiger partial charge in [-0.3, -0.25) is 24.6 Å². The number of amides is 5. The van der Waals surface area contributed by atoms with Crippen LogP contribution in [0.1, 0.15) is 36.6 Å². The zero-order valence-corrected chi connectivity index (χ0v) is 30.9. The van der Waals surface area contributed by atoms with Crippen LogP contribution in [0.2, 0.25) is 0 Å². The summed E-state index contributed by atoms with van der Waals surface area (Å²) in [5.74, 6) is -2.30. The van der Waals surface area contributed by atoms with Gasteiger partial charge in [-0.1, -0.05) is 108 Å². The van der Waals surface area contributed by atoms with Crippen LogP contribution in [0.25, 0.3) is 0 Å². The molecule has 0 aliphatic carbocycles. The van der Waals surface area contributed by atoms with Crippen LogP contribution in [-0.2, 0) is 35.8 Å². The van der Waals surface area contributed by atoms with Crippen LogP contribution in [0.4, 0.5) is 4.79 Å². The van der Waals surface area contributed by atoms with E-state index < -0.39 is 52.8 Å². The Hall–Kier alpha value is -6.01. The fourth-order valence-corrected chi connectivity index (χ4v) is 7.85. The number of tetrazole rings is 1. The maximum atomic E-state index is 14.3. The first-order valence-corrected chi connectivity index (χ1v) is 18.5. The number of imide groups is 1. The lowest BCUT2D eigenvalue weighted by Gasteiger charge is -2.49. The molecule has 0 radical (unpaired) electrons. The molecule has 4 N–H and O–H groups in total. The number of hydrogen-bond acceptors (Lipinski definition) is 13. The topological polar surface area (TPSA) is 213 Å². The number of hydrogen-bond donors (Lipinski definition) is 3. The molecule has 4 aromatic rings. The number of thioether (sulfide) groups is 2. The number of oxime groups is 1. The van der Waals surface area contributed by atoms with E-state index in [2.05, 4.69) is 26.0 Å². The molecule has 54 heavy (non-hydrogen) atoms. The number of aryl methyl sites for hydroxylation is 1. The third kappa shape index (κ3) is 8.29. The molecule has 16 nitrogen and oxygen atoms in total. The van der Waals surface area contributed by atoms with Gasteiger partial charge in [0.1, 0.15) is 17.1 Å². The molecule has 1 fully saturated rings. The highest BCUT2D eigenvalue weighted by molar-refractivity contribution is 8.01. The fraction of sp³-hybridized carbons (Fsp3) is 0.250.